The summed E-state index contributed by atoms with van der Waals surface area (Å²) in [5.41, 5.74) is 16.7. The van der Waals surface area contributed by atoms with Crippen LogP contribution in [0.1, 0.15) is 13.3 Å². The van der Waals surface area contributed by atoms with Gasteiger partial charge in [0.25, 0.3) is 0 Å². The van der Waals surface area contributed by atoms with E-state index in [4.69, 9.17) is 17.2 Å². The summed E-state index contributed by atoms with van der Waals surface area (Å²) < 4.78 is 0. The standard InChI is InChI=1S/C12H32N6/c1-2-12(9-16-6-3-13,10-17-7-4-14)11-18-8-5-15/h16-18H,2-11,13-15H2,1H3. The molecule has 0 aromatic heterocycles. The Morgan fingerprint density at radius 1 is 0.722 bits per heavy atom. The molecule has 6 nitrogen and oxygen atoms in total. The first kappa shape index (κ1) is 17.8. The van der Waals surface area contributed by atoms with E-state index >= 15 is 0 Å². The van der Waals surface area contributed by atoms with Crippen molar-refractivity contribution in [3.8, 4) is 0 Å². The SMILES string of the molecule is CCC(CNCCN)(CNCCN)CNCCN. The zero-order valence-corrected chi connectivity index (χ0v) is 11.8. The van der Waals surface area contributed by atoms with Crippen LogP contribution in [-0.4, -0.2) is 58.9 Å². The maximum absolute atomic E-state index is 5.52. The van der Waals surface area contributed by atoms with Crippen molar-refractivity contribution >= 4 is 0 Å². The van der Waals surface area contributed by atoms with Gasteiger partial charge in [-0.2, -0.15) is 0 Å². The maximum Gasteiger partial charge on any atom is 0.00747 e. The third-order valence-electron chi connectivity index (χ3n) is 3.21. The third kappa shape index (κ3) is 7.97. The molecule has 0 aliphatic rings. The second-order valence-electron chi connectivity index (χ2n) is 4.75. The van der Waals surface area contributed by atoms with E-state index in [-0.39, 0.29) is 5.41 Å². The molecule has 0 saturated heterocycles. The van der Waals surface area contributed by atoms with E-state index < -0.39 is 0 Å². The maximum atomic E-state index is 5.52. The minimum absolute atomic E-state index is 0.194. The van der Waals surface area contributed by atoms with Crippen molar-refractivity contribution in [1.29, 1.82) is 0 Å². The average Bonchev–Trinajstić information content (AvgIpc) is 2.39. The molecule has 9 N–H and O–H groups in total. The van der Waals surface area contributed by atoms with Crippen molar-refractivity contribution in [3.05, 3.63) is 0 Å². The van der Waals surface area contributed by atoms with E-state index in [0.717, 1.165) is 45.7 Å². The molecular formula is C12H32N6. The van der Waals surface area contributed by atoms with Crippen LogP contribution in [0.2, 0.25) is 0 Å². The Hall–Kier alpha value is -0.240. The highest BCUT2D eigenvalue weighted by molar-refractivity contribution is 4.85. The summed E-state index contributed by atoms with van der Waals surface area (Å²) in [6.45, 7) is 9.67. The first-order valence-electron chi connectivity index (χ1n) is 6.97. The molecule has 18 heavy (non-hydrogen) atoms. The summed E-state index contributed by atoms with van der Waals surface area (Å²) in [5.74, 6) is 0. The van der Waals surface area contributed by atoms with Crippen LogP contribution in [-0.2, 0) is 0 Å². The predicted octanol–water partition coefficient (Wildman–Crippen LogP) is -1.97. The Bertz CT molecular complexity index is 149. The largest absolute Gasteiger partial charge is 0.329 e. The van der Waals surface area contributed by atoms with Gasteiger partial charge in [-0.1, -0.05) is 6.92 Å². The summed E-state index contributed by atoms with van der Waals surface area (Å²) >= 11 is 0. The molecule has 0 fully saturated rings. The lowest BCUT2D eigenvalue weighted by Gasteiger charge is -2.34. The zero-order valence-electron chi connectivity index (χ0n) is 11.8. The lowest BCUT2D eigenvalue weighted by Crippen LogP contribution is -2.50. The van der Waals surface area contributed by atoms with Gasteiger partial charge < -0.3 is 33.2 Å². The van der Waals surface area contributed by atoms with Gasteiger partial charge in [0.1, 0.15) is 0 Å². The second-order valence-corrected chi connectivity index (χ2v) is 4.75. The number of hydrogen-bond donors (Lipinski definition) is 6. The van der Waals surface area contributed by atoms with Gasteiger partial charge in [-0.05, 0) is 6.42 Å². The molecule has 0 atom stereocenters. The molecule has 0 spiro atoms. The monoisotopic (exact) mass is 260 g/mol. The molecular weight excluding hydrogens is 228 g/mol. The second kappa shape index (κ2) is 11.8. The summed E-state index contributed by atoms with van der Waals surface area (Å²) in [7, 11) is 0. The van der Waals surface area contributed by atoms with Crippen molar-refractivity contribution in [2.75, 3.05) is 58.9 Å². The molecule has 0 aliphatic heterocycles. The van der Waals surface area contributed by atoms with E-state index in [1.807, 2.05) is 0 Å². The number of nitrogens with two attached hydrogens (primary N) is 3. The van der Waals surface area contributed by atoms with Crippen LogP contribution in [0.3, 0.4) is 0 Å². The van der Waals surface area contributed by atoms with Gasteiger partial charge in [-0.25, -0.2) is 0 Å². The number of rotatable bonds is 13. The van der Waals surface area contributed by atoms with Gasteiger partial charge in [-0.3, -0.25) is 0 Å². The Morgan fingerprint density at radius 2 is 1.06 bits per heavy atom. The molecule has 0 radical (unpaired) electrons. The molecule has 6 heteroatoms. The quantitative estimate of drug-likeness (QED) is 0.214. The van der Waals surface area contributed by atoms with Gasteiger partial charge in [0.05, 0.1) is 0 Å². The minimum atomic E-state index is 0.194. The van der Waals surface area contributed by atoms with E-state index in [9.17, 15) is 0 Å². The first-order valence-corrected chi connectivity index (χ1v) is 6.97. The van der Waals surface area contributed by atoms with Crippen LogP contribution in [0.25, 0.3) is 0 Å². The molecule has 0 heterocycles. The fourth-order valence-electron chi connectivity index (χ4n) is 1.93. The molecule has 110 valence electrons. The molecule has 0 saturated carbocycles. The van der Waals surface area contributed by atoms with Gasteiger partial charge in [0, 0.05) is 64.3 Å². The topological polar surface area (TPSA) is 114 Å². The Kier molecular flexibility index (Phi) is 11.7. The van der Waals surface area contributed by atoms with Gasteiger partial charge in [0.15, 0.2) is 0 Å². The van der Waals surface area contributed by atoms with Crippen LogP contribution >= 0.6 is 0 Å². The van der Waals surface area contributed by atoms with E-state index in [1.54, 1.807) is 0 Å². The van der Waals surface area contributed by atoms with Gasteiger partial charge >= 0.3 is 0 Å². The molecule has 0 bridgehead atoms. The highest BCUT2D eigenvalue weighted by Crippen LogP contribution is 2.18. The highest BCUT2D eigenvalue weighted by Gasteiger charge is 2.26. The van der Waals surface area contributed by atoms with Crippen LogP contribution in [0, 0.1) is 5.41 Å². The fraction of sp³-hybridized carbons (Fsp3) is 1.00. The first-order chi connectivity index (χ1) is 8.74. The van der Waals surface area contributed by atoms with Crippen molar-refractivity contribution in [1.82, 2.24) is 16.0 Å². The van der Waals surface area contributed by atoms with Crippen LogP contribution in [0.4, 0.5) is 0 Å². The highest BCUT2D eigenvalue weighted by atomic mass is 15.0. The van der Waals surface area contributed by atoms with Crippen molar-refractivity contribution < 1.29 is 0 Å². The van der Waals surface area contributed by atoms with Crippen LogP contribution in [0.5, 0.6) is 0 Å². The third-order valence-corrected chi connectivity index (χ3v) is 3.21. The normalized spacial score (nSPS) is 12.0. The van der Waals surface area contributed by atoms with Crippen LogP contribution in [0.15, 0.2) is 0 Å². The number of hydrogen-bond acceptors (Lipinski definition) is 6. The summed E-state index contributed by atoms with van der Waals surface area (Å²) in [6, 6.07) is 0. The predicted molar refractivity (Wildman–Crippen MR) is 78.5 cm³/mol. The smallest absolute Gasteiger partial charge is 0.00747 e. The van der Waals surface area contributed by atoms with E-state index in [0.29, 0.717) is 19.6 Å². The van der Waals surface area contributed by atoms with Crippen molar-refractivity contribution in [3.63, 3.8) is 0 Å². The molecule has 0 amide bonds. The summed E-state index contributed by atoms with van der Waals surface area (Å²) in [6.07, 6.45) is 1.10. The zero-order chi connectivity index (χ0) is 13.7. The summed E-state index contributed by atoms with van der Waals surface area (Å²) in [4.78, 5) is 0. The van der Waals surface area contributed by atoms with Gasteiger partial charge in [0.2, 0.25) is 0 Å². The molecule has 0 aromatic carbocycles. The Balaban J connectivity index is 4.20. The minimum Gasteiger partial charge on any atom is -0.329 e. The molecule has 0 unspecified atom stereocenters. The number of nitrogens with one attached hydrogen (secondary N) is 3. The van der Waals surface area contributed by atoms with Gasteiger partial charge in [-0.15, -0.1) is 0 Å². The molecule has 0 aromatic rings. The van der Waals surface area contributed by atoms with E-state index in [2.05, 4.69) is 22.9 Å². The Morgan fingerprint density at radius 3 is 1.28 bits per heavy atom. The Labute approximate surface area is 111 Å². The molecule has 0 rings (SSSR count). The summed E-state index contributed by atoms with van der Waals surface area (Å²) in [5, 5.41) is 10.2. The fourth-order valence-corrected chi connectivity index (χ4v) is 1.93. The van der Waals surface area contributed by atoms with Crippen molar-refractivity contribution in [2.45, 2.75) is 13.3 Å². The van der Waals surface area contributed by atoms with Crippen LogP contribution < -0.4 is 33.2 Å². The average molecular weight is 260 g/mol. The molecule has 0 aliphatic carbocycles. The van der Waals surface area contributed by atoms with E-state index in [1.165, 1.54) is 0 Å². The lowest BCUT2D eigenvalue weighted by atomic mass is 9.84. The lowest BCUT2D eigenvalue weighted by molar-refractivity contribution is 0.239. The van der Waals surface area contributed by atoms with Crippen molar-refractivity contribution in [2.24, 2.45) is 22.6 Å².